The minimum atomic E-state index is -0.356. The molecular weight excluding hydrogens is 246 g/mol. The van der Waals surface area contributed by atoms with Gasteiger partial charge in [0.25, 0.3) is 0 Å². The minimum Gasteiger partial charge on any atom is -0.369 e. The van der Waals surface area contributed by atoms with Crippen molar-refractivity contribution in [2.75, 3.05) is 33.2 Å². The molecule has 2 N–H and O–H groups in total. The summed E-state index contributed by atoms with van der Waals surface area (Å²) in [6.07, 6.45) is 3.38. The molecule has 0 bridgehead atoms. The van der Waals surface area contributed by atoms with E-state index >= 15 is 0 Å². The molecule has 1 atom stereocenters. The largest absolute Gasteiger partial charge is 0.369 e. The van der Waals surface area contributed by atoms with Crippen LogP contribution < -0.4 is 5.73 Å². The van der Waals surface area contributed by atoms with Crippen LogP contribution in [0.25, 0.3) is 0 Å². The Kier molecular flexibility index (Phi) is 4.16. The summed E-state index contributed by atoms with van der Waals surface area (Å²) in [4.78, 5) is 27.3. The van der Waals surface area contributed by atoms with Gasteiger partial charge in [-0.15, -0.1) is 0 Å². The van der Waals surface area contributed by atoms with Gasteiger partial charge in [-0.1, -0.05) is 0 Å². The van der Waals surface area contributed by atoms with E-state index in [1.807, 2.05) is 11.9 Å². The van der Waals surface area contributed by atoms with Crippen molar-refractivity contribution in [3.8, 4) is 0 Å². The molecule has 2 amide bonds. The number of aromatic nitrogens is 2. The Morgan fingerprint density at radius 3 is 2.79 bits per heavy atom. The first kappa shape index (κ1) is 13.5. The van der Waals surface area contributed by atoms with E-state index in [9.17, 15) is 9.59 Å². The topological polar surface area (TPSA) is 84.5 Å². The smallest absolute Gasteiger partial charge is 0.244 e. The molecular formula is C12H19N5O2. The summed E-state index contributed by atoms with van der Waals surface area (Å²) < 4.78 is 1.58. The molecule has 1 aromatic rings. The van der Waals surface area contributed by atoms with Crippen molar-refractivity contribution in [2.24, 2.45) is 11.7 Å². The molecule has 104 valence electrons. The highest BCUT2D eigenvalue weighted by atomic mass is 16.2. The average Bonchev–Trinajstić information content (AvgIpc) is 2.76. The summed E-state index contributed by atoms with van der Waals surface area (Å²) in [6.45, 7) is 2.54. The maximum absolute atomic E-state index is 12.2. The second kappa shape index (κ2) is 5.83. The zero-order valence-corrected chi connectivity index (χ0v) is 11.0. The number of primary amides is 1. The second-order valence-corrected chi connectivity index (χ2v) is 4.90. The number of amides is 2. The Bertz CT molecular complexity index is 445. The molecule has 1 aliphatic heterocycles. The van der Waals surface area contributed by atoms with E-state index in [1.54, 1.807) is 28.0 Å². The van der Waals surface area contributed by atoms with Crippen LogP contribution in [-0.4, -0.2) is 64.6 Å². The number of rotatable bonds is 3. The van der Waals surface area contributed by atoms with Crippen LogP contribution in [0.15, 0.2) is 18.5 Å². The normalized spacial score (nSPS) is 21.1. The summed E-state index contributed by atoms with van der Waals surface area (Å²) >= 11 is 0. The first-order valence-electron chi connectivity index (χ1n) is 6.29. The molecule has 1 saturated heterocycles. The van der Waals surface area contributed by atoms with Gasteiger partial charge in [0.2, 0.25) is 11.8 Å². The lowest BCUT2D eigenvalue weighted by atomic mass is 10.1. The van der Waals surface area contributed by atoms with E-state index in [0.29, 0.717) is 19.6 Å². The summed E-state index contributed by atoms with van der Waals surface area (Å²) in [5.41, 5.74) is 5.38. The quantitative estimate of drug-likeness (QED) is 0.741. The first-order valence-corrected chi connectivity index (χ1v) is 6.29. The fraction of sp³-hybridized carbons (Fsp3) is 0.583. The van der Waals surface area contributed by atoms with Crippen molar-refractivity contribution in [2.45, 2.75) is 6.54 Å². The molecule has 0 radical (unpaired) electrons. The number of hydrogen-bond donors (Lipinski definition) is 1. The highest BCUT2D eigenvalue weighted by Gasteiger charge is 2.27. The van der Waals surface area contributed by atoms with Crippen LogP contribution in [0.4, 0.5) is 0 Å². The Morgan fingerprint density at radius 2 is 2.16 bits per heavy atom. The van der Waals surface area contributed by atoms with E-state index in [1.165, 1.54) is 0 Å². The van der Waals surface area contributed by atoms with Gasteiger partial charge in [0, 0.05) is 38.6 Å². The van der Waals surface area contributed by atoms with E-state index in [4.69, 9.17) is 5.73 Å². The third-order valence-corrected chi connectivity index (χ3v) is 3.34. The van der Waals surface area contributed by atoms with Crippen molar-refractivity contribution in [3.05, 3.63) is 18.5 Å². The highest BCUT2D eigenvalue weighted by molar-refractivity contribution is 5.80. The van der Waals surface area contributed by atoms with Crippen LogP contribution in [-0.2, 0) is 16.1 Å². The van der Waals surface area contributed by atoms with Crippen LogP contribution in [0.2, 0.25) is 0 Å². The lowest BCUT2D eigenvalue weighted by Crippen LogP contribution is -2.41. The molecule has 19 heavy (non-hydrogen) atoms. The summed E-state index contributed by atoms with van der Waals surface area (Å²) in [6, 6.07) is 1.77. The zero-order chi connectivity index (χ0) is 13.8. The maximum Gasteiger partial charge on any atom is 0.244 e. The van der Waals surface area contributed by atoms with Crippen LogP contribution in [0.1, 0.15) is 0 Å². The van der Waals surface area contributed by atoms with Gasteiger partial charge in [0.15, 0.2) is 0 Å². The summed E-state index contributed by atoms with van der Waals surface area (Å²) in [5, 5.41) is 4.01. The van der Waals surface area contributed by atoms with Gasteiger partial charge in [-0.3, -0.25) is 14.3 Å². The predicted molar refractivity (Wildman–Crippen MR) is 69.0 cm³/mol. The van der Waals surface area contributed by atoms with Crippen LogP contribution in [0, 0.1) is 5.92 Å². The Hall–Kier alpha value is -1.89. The van der Waals surface area contributed by atoms with E-state index in [2.05, 4.69) is 5.10 Å². The van der Waals surface area contributed by atoms with Crippen LogP contribution in [0.5, 0.6) is 0 Å². The van der Waals surface area contributed by atoms with Gasteiger partial charge < -0.3 is 15.5 Å². The molecule has 0 unspecified atom stereocenters. The SMILES string of the molecule is CN1CCN(C(=O)Cn2cccn2)C[C@@H](C(N)=O)C1. The minimum absolute atomic E-state index is 0.0368. The van der Waals surface area contributed by atoms with Gasteiger partial charge in [-0.25, -0.2) is 0 Å². The van der Waals surface area contributed by atoms with Crippen molar-refractivity contribution in [3.63, 3.8) is 0 Å². The van der Waals surface area contributed by atoms with E-state index in [0.717, 1.165) is 6.54 Å². The third kappa shape index (κ3) is 3.54. The molecule has 7 heteroatoms. The van der Waals surface area contributed by atoms with Gasteiger partial charge in [-0.2, -0.15) is 5.10 Å². The lowest BCUT2D eigenvalue weighted by molar-refractivity contribution is -0.133. The number of hydrogen-bond acceptors (Lipinski definition) is 4. The number of nitrogens with zero attached hydrogens (tertiary/aromatic N) is 4. The molecule has 0 saturated carbocycles. The Morgan fingerprint density at radius 1 is 1.37 bits per heavy atom. The number of likely N-dealkylation sites (N-methyl/N-ethyl adjacent to an activating group) is 1. The molecule has 1 fully saturated rings. The highest BCUT2D eigenvalue weighted by Crippen LogP contribution is 2.09. The molecule has 0 aromatic carbocycles. The van der Waals surface area contributed by atoms with Gasteiger partial charge in [0.05, 0.1) is 5.92 Å². The van der Waals surface area contributed by atoms with Crippen molar-refractivity contribution in [1.82, 2.24) is 19.6 Å². The first-order chi connectivity index (χ1) is 9.06. The maximum atomic E-state index is 12.2. The van der Waals surface area contributed by atoms with Crippen molar-refractivity contribution >= 4 is 11.8 Å². The van der Waals surface area contributed by atoms with Crippen LogP contribution in [0.3, 0.4) is 0 Å². The molecule has 1 aromatic heterocycles. The van der Waals surface area contributed by atoms with Gasteiger partial charge in [0.1, 0.15) is 6.54 Å². The summed E-state index contributed by atoms with van der Waals surface area (Å²) in [5.74, 6) is -0.704. The van der Waals surface area contributed by atoms with E-state index < -0.39 is 0 Å². The fourth-order valence-electron chi connectivity index (χ4n) is 2.21. The Labute approximate surface area is 111 Å². The number of nitrogens with two attached hydrogens (primary N) is 1. The molecule has 0 aliphatic carbocycles. The predicted octanol–water partition coefficient (Wildman–Crippen LogP) is -1.24. The Balaban J connectivity index is 2.01. The van der Waals surface area contributed by atoms with Gasteiger partial charge >= 0.3 is 0 Å². The molecule has 2 heterocycles. The van der Waals surface area contributed by atoms with Gasteiger partial charge in [-0.05, 0) is 13.1 Å². The lowest BCUT2D eigenvalue weighted by Gasteiger charge is -2.22. The molecule has 2 rings (SSSR count). The second-order valence-electron chi connectivity index (χ2n) is 4.90. The van der Waals surface area contributed by atoms with Crippen molar-refractivity contribution < 1.29 is 9.59 Å². The molecule has 7 nitrogen and oxygen atoms in total. The van der Waals surface area contributed by atoms with Crippen LogP contribution >= 0.6 is 0 Å². The summed E-state index contributed by atoms with van der Waals surface area (Å²) in [7, 11) is 1.93. The monoisotopic (exact) mass is 265 g/mol. The standard InChI is InChI=1S/C12H19N5O2/c1-15-5-6-16(8-10(7-15)12(13)19)11(18)9-17-4-2-3-14-17/h2-4,10H,5-9H2,1H3,(H2,13,19)/t10-/m0/s1. The fourth-order valence-corrected chi connectivity index (χ4v) is 2.21. The average molecular weight is 265 g/mol. The third-order valence-electron chi connectivity index (χ3n) is 3.34. The number of carbonyl (C=O) groups excluding carboxylic acids is 2. The number of carbonyl (C=O) groups is 2. The molecule has 0 spiro atoms. The molecule has 1 aliphatic rings. The van der Waals surface area contributed by atoms with Crippen molar-refractivity contribution in [1.29, 1.82) is 0 Å². The van der Waals surface area contributed by atoms with E-state index in [-0.39, 0.29) is 24.3 Å². The zero-order valence-electron chi connectivity index (χ0n) is 11.0.